The highest BCUT2D eigenvalue weighted by Gasteiger charge is 1.93. The molecule has 0 aliphatic heterocycles. The molecule has 3 heteroatoms. The Kier molecular flexibility index (Phi) is 3.54. The highest BCUT2D eigenvalue weighted by Crippen LogP contribution is 2.04. The summed E-state index contributed by atoms with van der Waals surface area (Å²) in [5.41, 5.74) is 0.920. The third-order valence-corrected chi connectivity index (χ3v) is 1.49. The first-order chi connectivity index (χ1) is 5.83. The highest BCUT2D eigenvalue weighted by molar-refractivity contribution is 5.42. The first-order valence-electron chi connectivity index (χ1n) is 4.07. The van der Waals surface area contributed by atoms with Crippen molar-refractivity contribution in [3.63, 3.8) is 0 Å². The van der Waals surface area contributed by atoms with Crippen LogP contribution in [0.5, 0.6) is 0 Å². The van der Waals surface area contributed by atoms with Crippen molar-refractivity contribution in [3.8, 4) is 0 Å². The van der Waals surface area contributed by atoms with E-state index in [-0.39, 0.29) is 0 Å². The highest BCUT2D eigenvalue weighted by atomic mass is 16.5. The fraction of sp³-hybridized carbons (Fsp3) is 0.444. The van der Waals surface area contributed by atoms with Crippen LogP contribution >= 0.6 is 0 Å². The Bertz CT molecular complexity index is 253. The average Bonchev–Trinajstić information content (AvgIpc) is 2.45. The molecule has 0 aliphatic carbocycles. The van der Waals surface area contributed by atoms with Crippen LogP contribution in [0, 0.1) is 6.92 Å². The maximum atomic E-state index is 4.99. The molecule has 1 rings (SSSR count). The predicted molar refractivity (Wildman–Crippen MR) is 48.8 cm³/mol. The molecule has 0 aliphatic rings. The molecule has 0 atom stereocenters. The maximum Gasteiger partial charge on any atom is 0.159 e. The molecule has 1 heterocycles. The van der Waals surface area contributed by atoms with Gasteiger partial charge in [0, 0.05) is 6.07 Å². The lowest BCUT2D eigenvalue weighted by Crippen LogP contribution is -2.05. The van der Waals surface area contributed by atoms with E-state index in [0.717, 1.165) is 24.4 Å². The molecule has 12 heavy (non-hydrogen) atoms. The monoisotopic (exact) mass is 166 g/mol. The van der Waals surface area contributed by atoms with Crippen LogP contribution in [0.2, 0.25) is 0 Å². The number of hydrogen-bond acceptors (Lipinski definition) is 3. The fourth-order valence-corrected chi connectivity index (χ4v) is 0.889. The van der Waals surface area contributed by atoms with Crippen LogP contribution in [0.15, 0.2) is 16.7 Å². The van der Waals surface area contributed by atoms with Gasteiger partial charge in [-0.1, -0.05) is 11.2 Å². The lowest BCUT2D eigenvalue weighted by molar-refractivity contribution is 0.408. The van der Waals surface area contributed by atoms with Crippen LogP contribution in [0.25, 0.3) is 6.08 Å². The van der Waals surface area contributed by atoms with Crippen LogP contribution in [-0.2, 0) is 0 Å². The van der Waals surface area contributed by atoms with Gasteiger partial charge in [-0.05, 0) is 33.0 Å². The van der Waals surface area contributed by atoms with E-state index in [1.807, 2.05) is 26.1 Å². The number of aromatic nitrogens is 1. The minimum Gasteiger partial charge on any atom is -0.357 e. The third-order valence-electron chi connectivity index (χ3n) is 1.49. The molecular weight excluding hydrogens is 152 g/mol. The molecule has 0 bridgehead atoms. The van der Waals surface area contributed by atoms with Gasteiger partial charge >= 0.3 is 0 Å². The van der Waals surface area contributed by atoms with Crippen molar-refractivity contribution >= 4 is 6.08 Å². The summed E-state index contributed by atoms with van der Waals surface area (Å²) in [4.78, 5) is 0. The van der Waals surface area contributed by atoms with E-state index in [0.29, 0.717) is 0 Å². The van der Waals surface area contributed by atoms with Crippen LogP contribution in [0.4, 0.5) is 0 Å². The summed E-state index contributed by atoms with van der Waals surface area (Å²) in [5.74, 6) is 0.823. The molecule has 1 N–H and O–H groups in total. The second-order valence-electron chi connectivity index (χ2n) is 2.67. The van der Waals surface area contributed by atoms with Crippen LogP contribution in [-0.4, -0.2) is 18.7 Å². The Labute approximate surface area is 72.4 Å². The normalized spacial score (nSPS) is 11.2. The number of nitrogens with one attached hydrogen (secondary N) is 1. The maximum absolute atomic E-state index is 4.99. The van der Waals surface area contributed by atoms with E-state index < -0.39 is 0 Å². The quantitative estimate of drug-likeness (QED) is 0.690. The fourth-order valence-electron chi connectivity index (χ4n) is 0.889. The van der Waals surface area contributed by atoms with Crippen molar-refractivity contribution in [1.29, 1.82) is 0 Å². The third kappa shape index (κ3) is 2.88. The molecule has 1 aromatic rings. The second-order valence-corrected chi connectivity index (χ2v) is 2.67. The molecule has 0 unspecified atom stereocenters. The minimum absolute atomic E-state index is 0.823. The zero-order valence-electron chi connectivity index (χ0n) is 7.50. The summed E-state index contributed by atoms with van der Waals surface area (Å²) in [7, 11) is 1.94. The Morgan fingerprint density at radius 1 is 1.67 bits per heavy atom. The molecule has 0 saturated heterocycles. The molecule has 3 nitrogen and oxygen atoms in total. The SMILES string of the molecule is CNCC/C=C/c1cc(C)no1. The molecule has 0 saturated carbocycles. The lowest BCUT2D eigenvalue weighted by atomic mass is 10.3. The van der Waals surface area contributed by atoms with Gasteiger partial charge in [0.2, 0.25) is 0 Å². The number of aryl methyl sites for hydroxylation is 1. The molecular formula is C9H14N2O. The molecule has 66 valence electrons. The van der Waals surface area contributed by atoms with Crippen LogP contribution in [0.1, 0.15) is 17.9 Å². The molecule has 0 fully saturated rings. The molecule has 0 aromatic carbocycles. The van der Waals surface area contributed by atoms with Crippen molar-refractivity contribution in [3.05, 3.63) is 23.6 Å². The van der Waals surface area contributed by atoms with Gasteiger partial charge in [0.05, 0.1) is 5.69 Å². The Morgan fingerprint density at radius 3 is 3.08 bits per heavy atom. The summed E-state index contributed by atoms with van der Waals surface area (Å²) < 4.78 is 4.99. The largest absolute Gasteiger partial charge is 0.357 e. The van der Waals surface area contributed by atoms with E-state index in [1.165, 1.54) is 0 Å². The Balaban J connectivity index is 2.36. The van der Waals surface area contributed by atoms with Gasteiger partial charge in [-0.3, -0.25) is 0 Å². The van der Waals surface area contributed by atoms with Gasteiger partial charge in [0.1, 0.15) is 0 Å². The summed E-state index contributed by atoms with van der Waals surface area (Å²) in [6.07, 6.45) is 5.02. The molecule has 1 aromatic heterocycles. The summed E-state index contributed by atoms with van der Waals surface area (Å²) in [5, 5.41) is 6.84. The van der Waals surface area contributed by atoms with Gasteiger partial charge in [-0.2, -0.15) is 0 Å². The van der Waals surface area contributed by atoms with Crippen LogP contribution in [0.3, 0.4) is 0 Å². The first kappa shape index (κ1) is 9.00. The first-order valence-corrected chi connectivity index (χ1v) is 4.07. The van der Waals surface area contributed by atoms with E-state index in [4.69, 9.17) is 4.52 Å². The van der Waals surface area contributed by atoms with Gasteiger partial charge in [0.15, 0.2) is 5.76 Å². The van der Waals surface area contributed by atoms with E-state index in [2.05, 4.69) is 16.5 Å². The topological polar surface area (TPSA) is 38.1 Å². The van der Waals surface area contributed by atoms with Crippen molar-refractivity contribution in [1.82, 2.24) is 10.5 Å². The smallest absolute Gasteiger partial charge is 0.159 e. The summed E-state index contributed by atoms with van der Waals surface area (Å²) in [6.45, 7) is 2.90. The second kappa shape index (κ2) is 4.72. The predicted octanol–water partition coefficient (Wildman–Crippen LogP) is 1.61. The van der Waals surface area contributed by atoms with Crippen molar-refractivity contribution < 1.29 is 4.52 Å². The Hall–Kier alpha value is -1.09. The van der Waals surface area contributed by atoms with Gasteiger partial charge in [0.25, 0.3) is 0 Å². The number of nitrogens with zero attached hydrogens (tertiary/aromatic N) is 1. The van der Waals surface area contributed by atoms with Gasteiger partial charge in [-0.15, -0.1) is 0 Å². The minimum atomic E-state index is 0.823. The zero-order valence-corrected chi connectivity index (χ0v) is 7.50. The van der Waals surface area contributed by atoms with E-state index >= 15 is 0 Å². The number of hydrogen-bond donors (Lipinski definition) is 1. The summed E-state index contributed by atoms with van der Waals surface area (Å²) in [6, 6.07) is 1.91. The standard InChI is InChI=1S/C9H14N2O/c1-8-7-9(12-11-8)5-3-4-6-10-2/h3,5,7,10H,4,6H2,1-2H3/b5-3+. The van der Waals surface area contributed by atoms with E-state index in [9.17, 15) is 0 Å². The van der Waals surface area contributed by atoms with Gasteiger partial charge < -0.3 is 9.84 Å². The van der Waals surface area contributed by atoms with Crippen LogP contribution < -0.4 is 5.32 Å². The van der Waals surface area contributed by atoms with Crippen molar-refractivity contribution in [2.45, 2.75) is 13.3 Å². The molecule has 0 spiro atoms. The molecule has 0 radical (unpaired) electrons. The Morgan fingerprint density at radius 2 is 2.50 bits per heavy atom. The van der Waals surface area contributed by atoms with Gasteiger partial charge in [-0.25, -0.2) is 0 Å². The lowest BCUT2D eigenvalue weighted by Gasteiger charge is -1.89. The van der Waals surface area contributed by atoms with E-state index in [1.54, 1.807) is 0 Å². The molecule has 0 amide bonds. The van der Waals surface area contributed by atoms with Crippen molar-refractivity contribution in [2.75, 3.05) is 13.6 Å². The average molecular weight is 166 g/mol. The number of rotatable bonds is 4. The van der Waals surface area contributed by atoms with Crippen molar-refractivity contribution in [2.24, 2.45) is 0 Å². The zero-order chi connectivity index (χ0) is 8.81. The summed E-state index contributed by atoms with van der Waals surface area (Å²) >= 11 is 0.